The first-order chi connectivity index (χ1) is 42.7. The maximum Gasteiger partial charge on any atom is 0.306 e. The molecule has 1 saturated heterocycles. The van der Waals surface area contributed by atoms with Crippen LogP contribution >= 0.6 is 0 Å². The van der Waals surface area contributed by atoms with Gasteiger partial charge in [0.15, 0.2) is 12.4 Å². The Morgan fingerprint density at radius 2 is 0.828 bits per heavy atom. The molecule has 494 valence electrons. The van der Waals surface area contributed by atoms with Crippen LogP contribution in [-0.4, -0.2) is 99.6 Å². The predicted octanol–water partition coefficient (Wildman–Crippen LogP) is 17.7. The number of nitrogens with one attached hydrogen (secondary N) is 1. The number of esters is 1. The van der Waals surface area contributed by atoms with Crippen LogP contribution in [0, 0.1) is 0 Å². The maximum absolute atomic E-state index is 13.5. The van der Waals surface area contributed by atoms with Gasteiger partial charge in [0.05, 0.1) is 25.4 Å². The summed E-state index contributed by atoms with van der Waals surface area (Å²) in [5, 5.41) is 57.2. The van der Waals surface area contributed by atoms with Crippen LogP contribution in [0.15, 0.2) is 146 Å². The second-order valence-electron chi connectivity index (χ2n) is 23.1. The molecule has 0 saturated carbocycles. The number of aliphatic hydroxyl groups is 5. The minimum Gasteiger partial charge on any atom is -0.454 e. The van der Waals surface area contributed by atoms with Gasteiger partial charge < -0.3 is 45.1 Å². The van der Waals surface area contributed by atoms with Crippen LogP contribution in [0.5, 0.6) is 0 Å². The van der Waals surface area contributed by atoms with E-state index in [1.54, 1.807) is 6.08 Å². The van der Waals surface area contributed by atoms with Crippen molar-refractivity contribution in [3.8, 4) is 0 Å². The van der Waals surface area contributed by atoms with Crippen molar-refractivity contribution in [2.24, 2.45) is 0 Å². The lowest BCUT2D eigenvalue weighted by atomic mass is 9.99. The lowest BCUT2D eigenvalue weighted by molar-refractivity contribution is -0.305. The quantitative estimate of drug-likeness (QED) is 0.0195. The zero-order chi connectivity index (χ0) is 63.1. The zero-order valence-electron chi connectivity index (χ0n) is 54.8. The van der Waals surface area contributed by atoms with Crippen molar-refractivity contribution < 1.29 is 49.3 Å². The van der Waals surface area contributed by atoms with E-state index in [0.29, 0.717) is 12.8 Å². The molecule has 8 atom stereocenters. The minimum absolute atomic E-state index is 0.0910. The Kier molecular flexibility index (Phi) is 57.2. The first kappa shape index (κ1) is 80.6. The van der Waals surface area contributed by atoms with Gasteiger partial charge in [-0.25, -0.2) is 0 Å². The van der Waals surface area contributed by atoms with Crippen molar-refractivity contribution in [3.63, 3.8) is 0 Å². The SMILES string of the molecule is CC/C=C\C/C=C\C/C=C\C/C=C\C/C=C\C/C=C\CCCCCCCC(O)C(=O)NC(COC1OC(CO)C(O)C(O)C1OC(=O)CCCCCCC/C=C\C/C=C\C/C=C\C/C=C\C/C=C\CC)C(O)/C=C/CCCCCCCCCCCCC. The number of ether oxygens (including phenoxy) is 3. The Morgan fingerprint density at radius 3 is 1.24 bits per heavy atom. The number of aliphatic hydroxyl groups excluding tert-OH is 5. The molecule has 1 rings (SSSR count). The summed E-state index contributed by atoms with van der Waals surface area (Å²) in [6, 6.07) is -1.05. The summed E-state index contributed by atoms with van der Waals surface area (Å²) in [7, 11) is 0. The van der Waals surface area contributed by atoms with Crippen molar-refractivity contribution in [1.82, 2.24) is 5.32 Å². The van der Waals surface area contributed by atoms with Gasteiger partial charge in [-0.2, -0.15) is 0 Å². The molecule has 0 spiro atoms. The van der Waals surface area contributed by atoms with Crippen molar-refractivity contribution in [2.75, 3.05) is 13.2 Å². The number of allylic oxidation sites excluding steroid dienone is 23. The van der Waals surface area contributed by atoms with Crippen LogP contribution in [0.4, 0.5) is 0 Å². The standard InChI is InChI=1S/C76H125NO10/c1-4-7-10-13-16-19-22-25-27-29-31-33-34-35-37-38-40-42-45-48-51-54-57-60-63-69(80)75(84)77-67(68(79)62-59-56-53-50-47-44-24-21-18-15-12-9-6-3)66-85-76-74(73(83)72(82)70(65-78)86-76)87-71(81)64-61-58-55-52-49-46-43-41-39-36-32-30-28-26-23-20-17-14-11-8-5-2/h7-8,10-11,16-17,19-20,25-28,31-33,35-37,40-43,59,62,67-70,72-74,76,78-80,82-83H,4-6,9,12-15,18,21-24,29-30,34,38-39,44-58,60-61,63-66H2,1-3H3,(H,77,84)/b10-7-,11-8-,19-16-,20-17-,27-25-,28-26-,33-31-,36-32-,37-35-,42-40-,43-41-,62-59+. The fourth-order valence-electron chi connectivity index (χ4n) is 9.86. The van der Waals surface area contributed by atoms with Crippen molar-refractivity contribution in [1.29, 1.82) is 0 Å². The second-order valence-corrected chi connectivity index (χ2v) is 23.1. The lowest BCUT2D eigenvalue weighted by Gasteiger charge is -2.41. The molecular formula is C76H125NO10. The molecule has 0 aromatic rings. The lowest BCUT2D eigenvalue weighted by Crippen LogP contribution is -2.61. The van der Waals surface area contributed by atoms with Crippen LogP contribution in [0.25, 0.3) is 0 Å². The molecule has 0 radical (unpaired) electrons. The Balaban J connectivity index is 2.66. The monoisotopic (exact) mass is 1210 g/mol. The van der Waals surface area contributed by atoms with E-state index in [-0.39, 0.29) is 19.4 Å². The molecule has 0 aromatic heterocycles. The molecule has 1 fully saturated rings. The van der Waals surface area contributed by atoms with E-state index in [2.05, 4.69) is 160 Å². The molecule has 0 bridgehead atoms. The maximum atomic E-state index is 13.5. The molecule has 1 heterocycles. The third-order valence-corrected chi connectivity index (χ3v) is 15.2. The number of carbonyl (C=O) groups excluding carboxylic acids is 2. The van der Waals surface area contributed by atoms with Crippen LogP contribution < -0.4 is 5.32 Å². The van der Waals surface area contributed by atoms with Gasteiger partial charge >= 0.3 is 5.97 Å². The molecule has 0 aliphatic carbocycles. The highest BCUT2D eigenvalue weighted by atomic mass is 16.7. The van der Waals surface area contributed by atoms with Gasteiger partial charge in [0.1, 0.15) is 24.4 Å². The second kappa shape index (κ2) is 61.8. The van der Waals surface area contributed by atoms with Gasteiger partial charge in [-0.05, 0) is 122 Å². The number of unbranched alkanes of at least 4 members (excludes halogenated alkanes) is 21. The Hall–Kier alpha value is -4.46. The summed E-state index contributed by atoms with van der Waals surface area (Å²) in [6.07, 6.45) is 78.7. The van der Waals surface area contributed by atoms with Gasteiger partial charge in [0.2, 0.25) is 5.91 Å². The Bertz CT molecular complexity index is 1980. The number of carbonyl (C=O) groups is 2. The number of hydrogen-bond acceptors (Lipinski definition) is 10. The summed E-state index contributed by atoms with van der Waals surface area (Å²) in [4.78, 5) is 26.7. The Labute approximate surface area is 530 Å². The molecule has 87 heavy (non-hydrogen) atoms. The third-order valence-electron chi connectivity index (χ3n) is 15.2. The van der Waals surface area contributed by atoms with Gasteiger partial charge in [-0.3, -0.25) is 9.59 Å². The molecule has 6 N–H and O–H groups in total. The number of rotatable bonds is 57. The summed E-state index contributed by atoms with van der Waals surface area (Å²) in [6.45, 7) is 5.55. The number of amides is 1. The molecule has 0 aromatic carbocycles. The molecule has 1 amide bonds. The molecule has 1 aliphatic heterocycles. The van der Waals surface area contributed by atoms with Crippen molar-refractivity contribution >= 4 is 11.9 Å². The molecule has 11 heteroatoms. The van der Waals surface area contributed by atoms with Crippen LogP contribution in [0.1, 0.15) is 258 Å². The smallest absolute Gasteiger partial charge is 0.306 e. The van der Waals surface area contributed by atoms with E-state index in [1.165, 1.54) is 51.4 Å². The van der Waals surface area contributed by atoms with Crippen molar-refractivity contribution in [2.45, 2.75) is 307 Å². The molecular weight excluding hydrogens is 1090 g/mol. The van der Waals surface area contributed by atoms with E-state index < -0.39 is 67.4 Å². The fourth-order valence-corrected chi connectivity index (χ4v) is 9.86. The third kappa shape index (κ3) is 49.1. The highest BCUT2D eigenvalue weighted by Crippen LogP contribution is 2.26. The number of hydrogen-bond donors (Lipinski definition) is 6. The summed E-state index contributed by atoms with van der Waals surface area (Å²) in [5.74, 6) is -1.24. The van der Waals surface area contributed by atoms with E-state index in [0.717, 1.165) is 161 Å². The molecule has 8 unspecified atom stereocenters. The van der Waals surface area contributed by atoms with Crippen molar-refractivity contribution in [3.05, 3.63) is 146 Å². The van der Waals surface area contributed by atoms with Gasteiger partial charge in [0, 0.05) is 6.42 Å². The van der Waals surface area contributed by atoms with Crippen LogP contribution in [-0.2, 0) is 23.8 Å². The zero-order valence-corrected chi connectivity index (χ0v) is 54.8. The van der Waals surface area contributed by atoms with Crippen LogP contribution in [0.2, 0.25) is 0 Å². The first-order valence-electron chi connectivity index (χ1n) is 34.6. The van der Waals surface area contributed by atoms with Gasteiger partial charge in [-0.1, -0.05) is 276 Å². The summed E-state index contributed by atoms with van der Waals surface area (Å²) in [5.41, 5.74) is 0. The highest BCUT2D eigenvalue weighted by molar-refractivity contribution is 5.80. The normalized spacial score (nSPS) is 19.2. The topological polar surface area (TPSA) is 175 Å². The largest absolute Gasteiger partial charge is 0.454 e. The highest BCUT2D eigenvalue weighted by Gasteiger charge is 2.47. The fraction of sp³-hybridized carbons (Fsp3) is 0.658. The summed E-state index contributed by atoms with van der Waals surface area (Å²) >= 11 is 0. The van der Waals surface area contributed by atoms with E-state index in [9.17, 15) is 35.1 Å². The van der Waals surface area contributed by atoms with E-state index in [4.69, 9.17) is 14.2 Å². The van der Waals surface area contributed by atoms with E-state index >= 15 is 0 Å². The minimum atomic E-state index is -1.64. The van der Waals surface area contributed by atoms with E-state index in [1.807, 2.05) is 6.08 Å². The van der Waals surface area contributed by atoms with Gasteiger partial charge in [-0.15, -0.1) is 0 Å². The summed E-state index contributed by atoms with van der Waals surface area (Å²) < 4.78 is 17.7. The Morgan fingerprint density at radius 1 is 0.460 bits per heavy atom. The predicted molar refractivity (Wildman–Crippen MR) is 365 cm³/mol. The molecule has 11 nitrogen and oxygen atoms in total. The molecule has 1 aliphatic rings. The first-order valence-corrected chi connectivity index (χ1v) is 34.6. The van der Waals surface area contributed by atoms with Gasteiger partial charge in [0.25, 0.3) is 0 Å². The average Bonchev–Trinajstić information content (AvgIpc) is 1.53. The average molecular weight is 1210 g/mol. The van der Waals surface area contributed by atoms with Crippen LogP contribution in [0.3, 0.4) is 0 Å².